The van der Waals surface area contributed by atoms with Crippen LogP contribution in [0.5, 0.6) is 0 Å². The third kappa shape index (κ3) is 7.13. The van der Waals surface area contributed by atoms with Crippen LogP contribution in [0.1, 0.15) is 44.1 Å². The molecule has 0 radical (unpaired) electrons. The summed E-state index contributed by atoms with van der Waals surface area (Å²) in [6.45, 7) is 0.729. The summed E-state index contributed by atoms with van der Waals surface area (Å²) in [6, 6.07) is 9.59. The SMILES string of the molecule is O=C(/C=C/c1ccccc1)NCC(=O)NCCCC1CCCC1. The first kappa shape index (κ1) is 17.3. The van der Waals surface area contributed by atoms with Crippen LogP contribution in [-0.2, 0) is 9.59 Å². The Balaban J connectivity index is 1.54. The first-order chi connectivity index (χ1) is 11.2. The summed E-state index contributed by atoms with van der Waals surface area (Å²) in [6.07, 6.45) is 10.8. The van der Waals surface area contributed by atoms with Crippen molar-refractivity contribution in [1.82, 2.24) is 10.6 Å². The number of hydrogen-bond acceptors (Lipinski definition) is 2. The predicted molar refractivity (Wildman–Crippen MR) is 92.7 cm³/mol. The molecule has 0 spiro atoms. The van der Waals surface area contributed by atoms with Crippen LogP contribution in [0, 0.1) is 5.92 Å². The molecular formula is C19H26N2O2. The van der Waals surface area contributed by atoms with E-state index in [9.17, 15) is 9.59 Å². The Morgan fingerprint density at radius 2 is 1.83 bits per heavy atom. The summed E-state index contributed by atoms with van der Waals surface area (Å²) >= 11 is 0. The molecule has 1 aromatic carbocycles. The summed E-state index contributed by atoms with van der Waals surface area (Å²) in [4.78, 5) is 23.3. The Morgan fingerprint density at radius 3 is 2.57 bits per heavy atom. The highest BCUT2D eigenvalue weighted by Crippen LogP contribution is 2.28. The van der Waals surface area contributed by atoms with E-state index in [0.29, 0.717) is 6.54 Å². The molecule has 124 valence electrons. The second-order valence-electron chi connectivity index (χ2n) is 6.10. The molecule has 0 atom stereocenters. The summed E-state index contributed by atoms with van der Waals surface area (Å²) in [7, 11) is 0. The van der Waals surface area contributed by atoms with Gasteiger partial charge in [-0.3, -0.25) is 9.59 Å². The van der Waals surface area contributed by atoms with Crippen LogP contribution >= 0.6 is 0 Å². The third-order valence-corrected chi connectivity index (χ3v) is 4.24. The molecule has 2 rings (SSSR count). The molecule has 1 aromatic rings. The van der Waals surface area contributed by atoms with Gasteiger partial charge in [0, 0.05) is 12.6 Å². The lowest BCUT2D eigenvalue weighted by Gasteiger charge is -2.09. The zero-order valence-electron chi connectivity index (χ0n) is 13.6. The molecular weight excluding hydrogens is 288 g/mol. The van der Waals surface area contributed by atoms with E-state index in [2.05, 4.69) is 10.6 Å². The fourth-order valence-electron chi connectivity index (χ4n) is 2.94. The van der Waals surface area contributed by atoms with Crippen LogP contribution < -0.4 is 10.6 Å². The zero-order chi connectivity index (χ0) is 16.3. The van der Waals surface area contributed by atoms with Crippen LogP contribution in [0.25, 0.3) is 6.08 Å². The lowest BCUT2D eigenvalue weighted by Crippen LogP contribution is -2.36. The van der Waals surface area contributed by atoms with Gasteiger partial charge in [0.1, 0.15) is 0 Å². The number of carbonyl (C=O) groups is 2. The topological polar surface area (TPSA) is 58.2 Å². The Hall–Kier alpha value is -2.10. The van der Waals surface area contributed by atoms with Crippen LogP contribution in [0.4, 0.5) is 0 Å². The van der Waals surface area contributed by atoms with Gasteiger partial charge in [0.2, 0.25) is 11.8 Å². The summed E-state index contributed by atoms with van der Waals surface area (Å²) < 4.78 is 0. The predicted octanol–water partition coefficient (Wildman–Crippen LogP) is 2.90. The number of rotatable bonds is 8. The quantitative estimate of drug-likeness (QED) is 0.572. The Kier molecular flexibility index (Phi) is 7.37. The molecule has 0 aromatic heterocycles. The van der Waals surface area contributed by atoms with Gasteiger partial charge in [0.15, 0.2) is 0 Å². The van der Waals surface area contributed by atoms with Gasteiger partial charge in [-0.15, -0.1) is 0 Å². The standard InChI is InChI=1S/C19H26N2O2/c22-18(13-12-17-7-2-1-3-8-17)21-15-19(23)20-14-6-11-16-9-4-5-10-16/h1-3,7-8,12-13,16H,4-6,9-11,14-15H2,(H,20,23)(H,21,22)/b13-12+. The van der Waals surface area contributed by atoms with Gasteiger partial charge in [-0.1, -0.05) is 56.0 Å². The van der Waals surface area contributed by atoms with E-state index in [1.165, 1.54) is 38.2 Å². The minimum atomic E-state index is -0.255. The second kappa shape index (κ2) is 9.82. The molecule has 23 heavy (non-hydrogen) atoms. The van der Waals surface area contributed by atoms with Gasteiger partial charge in [0.25, 0.3) is 0 Å². The average Bonchev–Trinajstić information content (AvgIpc) is 3.09. The summed E-state index contributed by atoms with van der Waals surface area (Å²) in [5.41, 5.74) is 0.957. The number of hydrogen-bond donors (Lipinski definition) is 2. The van der Waals surface area contributed by atoms with Crippen molar-refractivity contribution >= 4 is 17.9 Å². The monoisotopic (exact) mass is 314 g/mol. The van der Waals surface area contributed by atoms with Crippen molar-refractivity contribution in [2.75, 3.05) is 13.1 Å². The number of nitrogens with one attached hydrogen (secondary N) is 2. The van der Waals surface area contributed by atoms with Crippen molar-refractivity contribution in [3.8, 4) is 0 Å². The Morgan fingerprint density at radius 1 is 1.09 bits per heavy atom. The Labute approximate surface area is 138 Å². The molecule has 1 saturated carbocycles. The van der Waals surface area contributed by atoms with Gasteiger partial charge in [-0.25, -0.2) is 0 Å². The molecule has 4 nitrogen and oxygen atoms in total. The highest BCUT2D eigenvalue weighted by Gasteiger charge is 2.14. The van der Waals surface area contributed by atoms with Crippen molar-refractivity contribution < 1.29 is 9.59 Å². The van der Waals surface area contributed by atoms with Crippen molar-refractivity contribution in [2.24, 2.45) is 5.92 Å². The molecule has 0 aliphatic heterocycles. The average molecular weight is 314 g/mol. The minimum absolute atomic E-state index is 0.0292. The van der Waals surface area contributed by atoms with Crippen LogP contribution in [0.3, 0.4) is 0 Å². The van der Waals surface area contributed by atoms with Gasteiger partial charge in [-0.2, -0.15) is 0 Å². The van der Waals surface area contributed by atoms with E-state index in [1.807, 2.05) is 30.3 Å². The smallest absolute Gasteiger partial charge is 0.244 e. The normalized spacial score (nSPS) is 15.0. The van der Waals surface area contributed by atoms with Gasteiger partial charge < -0.3 is 10.6 Å². The highest BCUT2D eigenvalue weighted by molar-refractivity contribution is 5.94. The zero-order valence-corrected chi connectivity index (χ0v) is 13.6. The van der Waals surface area contributed by atoms with Gasteiger partial charge >= 0.3 is 0 Å². The fraction of sp³-hybridized carbons (Fsp3) is 0.474. The van der Waals surface area contributed by atoms with E-state index in [1.54, 1.807) is 6.08 Å². The number of carbonyl (C=O) groups excluding carboxylic acids is 2. The molecule has 2 N–H and O–H groups in total. The van der Waals surface area contributed by atoms with Crippen LogP contribution in [0.15, 0.2) is 36.4 Å². The second-order valence-corrected chi connectivity index (χ2v) is 6.10. The van der Waals surface area contributed by atoms with E-state index in [4.69, 9.17) is 0 Å². The Bertz CT molecular complexity index is 519. The lowest BCUT2D eigenvalue weighted by molar-refractivity contribution is -0.123. The van der Waals surface area contributed by atoms with E-state index in [0.717, 1.165) is 17.9 Å². The molecule has 0 heterocycles. The lowest BCUT2D eigenvalue weighted by atomic mass is 10.0. The number of amides is 2. The molecule has 0 bridgehead atoms. The molecule has 0 saturated heterocycles. The van der Waals surface area contributed by atoms with Crippen molar-refractivity contribution in [1.29, 1.82) is 0 Å². The summed E-state index contributed by atoms with van der Waals surface area (Å²) in [5, 5.41) is 5.45. The number of benzene rings is 1. The van der Waals surface area contributed by atoms with Crippen molar-refractivity contribution in [3.63, 3.8) is 0 Å². The largest absolute Gasteiger partial charge is 0.355 e. The van der Waals surface area contributed by atoms with E-state index in [-0.39, 0.29) is 18.4 Å². The maximum absolute atomic E-state index is 11.7. The maximum Gasteiger partial charge on any atom is 0.244 e. The fourth-order valence-corrected chi connectivity index (χ4v) is 2.94. The molecule has 1 fully saturated rings. The highest BCUT2D eigenvalue weighted by atomic mass is 16.2. The molecule has 2 amide bonds. The van der Waals surface area contributed by atoms with Gasteiger partial charge in [-0.05, 0) is 30.4 Å². The molecule has 4 heteroatoms. The molecule has 1 aliphatic carbocycles. The van der Waals surface area contributed by atoms with E-state index >= 15 is 0 Å². The van der Waals surface area contributed by atoms with Crippen LogP contribution in [-0.4, -0.2) is 24.9 Å². The van der Waals surface area contributed by atoms with Crippen molar-refractivity contribution in [2.45, 2.75) is 38.5 Å². The molecule has 0 unspecified atom stereocenters. The summed E-state index contributed by atoms with van der Waals surface area (Å²) in [5.74, 6) is 0.475. The first-order valence-corrected chi connectivity index (χ1v) is 8.52. The maximum atomic E-state index is 11.7. The van der Waals surface area contributed by atoms with E-state index < -0.39 is 0 Å². The first-order valence-electron chi connectivity index (χ1n) is 8.52. The van der Waals surface area contributed by atoms with Gasteiger partial charge in [0.05, 0.1) is 6.54 Å². The van der Waals surface area contributed by atoms with Crippen molar-refractivity contribution in [3.05, 3.63) is 42.0 Å². The molecule has 1 aliphatic rings. The minimum Gasteiger partial charge on any atom is -0.355 e. The van der Waals surface area contributed by atoms with Crippen LogP contribution in [0.2, 0.25) is 0 Å². The third-order valence-electron chi connectivity index (χ3n) is 4.24.